The highest BCUT2D eigenvalue weighted by Crippen LogP contribution is 2.20. The molecule has 0 fully saturated rings. The number of aliphatic hydroxyl groups excluding tert-OH is 2. The fourth-order valence-corrected chi connectivity index (χ4v) is 1.52. The van der Waals surface area contributed by atoms with Gasteiger partial charge in [-0.05, 0) is 18.6 Å². The second kappa shape index (κ2) is 5.94. The van der Waals surface area contributed by atoms with E-state index in [4.69, 9.17) is 5.73 Å². The van der Waals surface area contributed by atoms with E-state index in [1.54, 1.807) is 6.92 Å². The number of benzene rings is 1. The number of nitrogens with one attached hydrogen (secondary N) is 1. The second-order valence-electron chi connectivity index (χ2n) is 4.23. The number of carbonyl (C=O) groups is 1. The van der Waals surface area contributed by atoms with Crippen molar-refractivity contribution >= 4 is 11.6 Å². The molecule has 0 radical (unpaired) electrons. The first-order chi connectivity index (χ1) is 8.90. The second-order valence-corrected chi connectivity index (χ2v) is 4.23. The zero-order chi connectivity index (χ0) is 14.6. The molecule has 7 heteroatoms. The zero-order valence-corrected chi connectivity index (χ0v) is 10.4. The lowest BCUT2D eigenvalue weighted by Gasteiger charge is -2.29. The molecule has 0 atom stereocenters. The smallest absolute Gasteiger partial charge is 0.257 e. The van der Waals surface area contributed by atoms with Gasteiger partial charge in [-0.1, -0.05) is 6.92 Å². The normalized spacial score (nSPS) is 11.4. The van der Waals surface area contributed by atoms with Crippen molar-refractivity contribution in [1.82, 2.24) is 5.32 Å². The minimum Gasteiger partial charge on any atom is -0.396 e. The lowest BCUT2D eigenvalue weighted by molar-refractivity contribution is 0.0646. The van der Waals surface area contributed by atoms with Crippen LogP contribution >= 0.6 is 0 Å². The van der Waals surface area contributed by atoms with E-state index in [9.17, 15) is 23.8 Å². The molecule has 5 N–H and O–H groups in total. The Labute approximate surface area is 109 Å². The molecule has 0 spiro atoms. The van der Waals surface area contributed by atoms with E-state index in [0.717, 1.165) is 12.1 Å². The number of amides is 1. The molecule has 0 saturated carbocycles. The van der Waals surface area contributed by atoms with Crippen molar-refractivity contribution in [2.75, 3.05) is 18.9 Å². The van der Waals surface area contributed by atoms with Crippen molar-refractivity contribution in [3.63, 3.8) is 0 Å². The number of aliphatic hydroxyl groups is 2. The minimum atomic E-state index is -1.33. The third-order valence-electron chi connectivity index (χ3n) is 3.01. The first-order valence-corrected chi connectivity index (χ1v) is 5.68. The van der Waals surface area contributed by atoms with E-state index < -0.39 is 41.9 Å². The summed E-state index contributed by atoms with van der Waals surface area (Å²) >= 11 is 0. The van der Waals surface area contributed by atoms with E-state index in [-0.39, 0.29) is 12.1 Å². The SMILES string of the molecule is CCC(CO)(CO)NC(=O)c1c(F)ccc(N)c1F. The molecule has 1 amide bonds. The third-order valence-corrected chi connectivity index (χ3v) is 3.01. The Bertz CT molecular complexity index is 468. The van der Waals surface area contributed by atoms with Gasteiger partial charge in [0, 0.05) is 0 Å². The molecule has 1 rings (SSSR count). The predicted molar refractivity (Wildman–Crippen MR) is 65.4 cm³/mol. The van der Waals surface area contributed by atoms with Crippen molar-refractivity contribution in [3.8, 4) is 0 Å². The van der Waals surface area contributed by atoms with Crippen LogP contribution in [0.2, 0.25) is 0 Å². The fourth-order valence-electron chi connectivity index (χ4n) is 1.52. The van der Waals surface area contributed by atoms with Gasteiger partial charge in [-0.2, -0.15) is 0 Å². The van der Waals surface area contributed by atoms with Gasteiger partial charge in [-0.15, -0.1) is 0 Å². The van der Waals surface area contributed by atoms with Crippen molar-refractivity contribution in [3.05, 3.63) is 29.3 Å². The molecule has 0 aliphatic rings. The Morgan fingerprint density at radius 1 is 1.37 bits per heavy atom. The highest BCUT2D eigenvalue weighted by Gasteiger charge is 2.31. The van der Waals surface area contributed by atoms with Crippen LogP contribution in [0.1, 0.15) is 23.7 Å². The maximum absolute atomic E-state index is 13.6. The van der Waals surface area contributed by atoms with E-state index in [1.807, 2.05) is 0 Å². The summed E-state index contributed by atoms with van der Waals surface area (Å²) in [5, 5.41) is 20.6. The molecule has 0 saturated heterocycles. The largest absolute Gasteiger partial charge is 0.396 e. The van der Waals surface area contributed by atoms with Gasteiger partial charge in [-0.3, -0.25) is 4.79 Å². The summed E-state index contributed by atoms with van der Waals surface area (Å²) in [6.45, 7) is 0.493. The topological polar surface area (TPSA) is 95.6 Å². The van der Waals surface area contributed by atoms with Gasteiger partial charge in [0.15, 0.2) is 5.82 Å². The number of halogens is 2. The molecule has 0 aliphatic carbocycles. The molecular formula is C12H16F2N2O3. The number of nitrogen functional groups attached to an aromatic ring is 1. The van der Waals surface area contributed by atoms with Crippen LogP contribution in [0.25, 0.3) is 0 Å². The average molecular weight is 274 g/mol. The van der Waals surface area contributed by atoms with Gasteiger partial charge in [0.05, 0.1) is 24.4 Å². The van der Waals surface area contributed by atoms with Crippen LogP contribution < -0.4 is 11.1 Å². The summed E-state index contributed by atoms with van der Waals surface area (Å²) in [6, 6.07) is 1.88. The molecule has 0 aliphatic heterocycles. The molecular weight excluding hydrogens is 258 g/mol. The number of anilines is 1. The third kappa shape index (κ3) is 2.99. The van der Waals surface area contributed by atoms with Crippen LogP contribution in [-0.4, -0.2) is 34.9 Å². The lowest BCUT2D eigenvalue weighted by Crippen LogP contribution is -2.54. The molecule has 106 valence electrons. The number of rotatable bonds is 5. The van der Waals surface area contributed by atoms with Gasteiger partial charge < -0.3 is 21.3 Å². The number of hydrogen-bond donors (Lipinski definition) is 4. The molecule has 0 bridgehead atoms. The van der Waals surface area contributed by atoms with Gasteiger partial charge in [0.2, 0.25) is 0 Å². The van der Waals surface area contributed by atoms with E-state index in [1.165, 1.54) is 0 Å². The number of hydrogen-bond acceptors (Lipinski definition) is 4. The molecule has 5 nitrogen and oxygen atoms in total. The quantitative estimate of drug-likeness (QED) is 0.585. The van der Waals surface area contributed by atoms with Gasteiger partial charge in [0.1, 0.15) is 11.4 Å². The molecule has 0 unspecified atom stereocenters. The van der Waals surface area contributed by atoms with Gasteiger partial charge >= 0.3 is 0 Å². The predicted octanol–water partition coefficient (Wildman–Crippen LogP) is 0.410. The number of carbonyl (C=O) groups excluding carboxylic acids is 1. The summed E-state index contributed by atoms with van der Waals surface area (Å²) in [5.74, 6) is -3.31. The van der Waals surface area contributed by atoms with E-state index in [0.29, 0.717) is 0 Å². The number of nitrogens with two attached hydrogens (primary N) is 1. The lowest BCUT2D eigenvalue weighted by atomic mass is 9.97. The minimum absolute atomic E-state index is 0.192. The van der Waals surface area contributed by atoms with Gasteiger partial charge in [-0.25, -0.2) is 8.78 Å². The highest BCUT2D eigenvalue weighted by atomic mass is 19.1. The van der Waals surface area contributed by atoms with Crippen molar-refractivity contribution in [2.45, 2.75) is 18.9 Å². The molecule has 1 aromatic rings. The van der Waals surface area contributed by atoms with Crippen LogP contribution in [0.4, 0.5) is 14.5 Å². The molecule has 0 heterocycles. The van der Waals surface area contributed by atoms with Crippen LogP contribution in [0.3, 0.4) is 0 Å². The Kier molecular flexibility index (Phi) is 4.79. The van der Waals surface area contributed by atoms with Crippen LogP contribution in [0.5, 0.6) is 0 Å². The summed E-state index contributed by atoms with van der Waals surface area (Å²) in [5.41, 5.74) is 2.74. The average Bonchev–Trinajstić information content (AvgIpc) is 2.41. The zero-order valence-electron chi connectivity index (χ0n) is 10.4. The van der Waals surface area contributed by atoms with E-state index >= 15 is 0 Å². The van der Waals surface area contributed by atoms with Crippen molar-refractivity contribution in [1.29, 1.82) is 0 Å². The molecule has 0 aromatic heterocycles. The monoisotopic (exact) mass is 274 g/mol. The Morgan fingerprint density at radius 2 is 1.95 bits per heavy atom. The van der Waals surface area contributed by atoms with Crippen LogP contribution in [-0.2, 0) is 0 Å². The maximum Gasteiger partial charge on any atom is 0.257 e. The Morgan fingerprint density at radius 3 is 2.42 bits per heavy atom. The first kappa shape index (κ1) is 15.3. The Hall–Kier alpha value is -1.73. The van der Waals surface area contributed by atoms with Gasteiger partial charge in [0.25, 0.3) is 5.91 Å². The molecule has 1 aromatic carbocycles. The highest BCUT2D eigenvalue weighted by molar-refractivity contribution is 5.96. The Balaban J connectivity index is 3.11. The summed E-state index contributed by atoms with van der Waals surface area (Å²) in [6.07, 6.45) is 0.192. The summed E-state index contributed by atoms with van der Waals surface area (Å²) in [4.78, 5) is 11.9. The fraction of sp³-hybridized carbons (Fsp3) is 0.417. The first-order valence-electron chi connectivity index (χ1n) is 5.68. The summed E-state index contributed by atoms with van der Waals surface area (Å²) < 4.78 is 27.1. The molecule has 19 heavy (non-hydrogen) atoms. The maximum atomic E-state index is 13.6. The van der Waals surface area contributed by atoms with Crippen LogP contribution in [0.15, 0.2) is 12.1 Å². The van der Waals surface area contributed by atoms with Crippen molar-refractivity contribution in [2.24, 2.45) is 0 Å². The summed E-state index contributed by atoms with van der Waals surface area (Å²) in [7, 11) is 0. The van der Waals surface area contributed by atoms with Crippen LogP contribution in [0, 0.1) is 11.6 Å². The van der Waals surface area contributed by atoms with Crippen molar-refractivity contribution < 1.29 is 23.8 Å². The van der Waals surface area contributed by atoms with E-state index in [2.05, 4.69) is 5.32 Å². The standard InChI is InChI=1S/C12H16F2N2O3/c1-2-12(5-17,6-18)16-11(19)9-7(13)3-4-8(15)10(9)14/h3-4,17-18H,2,5-6,15H2,1H3,(H,16,19).